The molecule has 1 fully saturated rings. The lowest BCUT2D eigenvalue weighted by molar-refractivity contribution is -0.109. The molecule has 0 unspecified atom stereocenters. The van der Waals surface area contributed by atoms with Gasteiger partial charge in [0.15, 0.2) is 10.3 Å². The number of ether oxygens (including phenoxy) is 1. The molecule has 3 rings (SSSR count). The molecular weight excluding hydrogens is 450 g/mol. The van der Waals surface area contributed by atoms with Gasteiger partial charge in [0, 0.05) is 30.5 Å². The van der Waals surface area contributed by atoms with Crippen molar-refractivity contribution >= 4 is 51.9 Å². The van der Waals surface area contributed by atoms with Crippen molar-refractivity contribution in [2.24, 2.45) is 0 Å². The fourth-order valence-electron chi connectivity index (χ4n) is 3.70. The zero-order valence-corrected chi connectivity index (χ0v) is 19.4. The van der Waals surface area contributed by atoms with E-state index < -0.39 is 12.2 Å². The van der Waals surface area contributed by atoms with Crippen molar-refractivity contribution in [1.82, 2.24) is 14.5 Å². The molecule has 0 saturated carbocycles. The minimum Gasteiger partial charge on any atom is -0.464 e. The van der Waals surface area contributed by atoms with Gasteiger partial charge in [0.1, 0.15) is 6.61 Å². The number of allylic oxidation sites excluding steroid dienone is 1. The van der Waals surface area contributed by atoms with Crippen molar-refractivity contribution in [3.05, 3.63) is 49.1 Å². The molecule has 1 aliphatic heterocycles. The molecule has 1 amide bonds. The third-order valence-electron chi connectivity index (χ3n) is 4.97. The van der Waals surface area contributed by atoms with Crippen molar-refractivity contribution < 1.29 is 24.2 Å². The van der Waals surface area contributed by atoms with E-state index in [1.807, 2.05) is 6.07 Å². The molecule has 1 N–H and O–H groups in total. The fourth-order valence-corrected chi connectivity index (χ4v) is 5.84. The highest BCUT2D eigenvalue weighted by Gasteiger charge is 2.37. The molecule has 1 aliphatic rings. The van der Waals surface area contributed by atoms with Crippen LogP contribution in [-0.4, -0.2) is 67.1 Å². The predicted octanol–water partition coefficient (Wildman–Crippen LogP) is 4.43. The number of aromatic nitrogens is 2. The molecule has 0 bridgehead atoms. The summed E-state index contributed by atoms with van der Waals surface area (Å²) < 4.78 is 6.37. The summed E-state index contributed by atoms with van der Waals surface area (Å²) in [6.45, 7) is 9.30. The maximum absolute atomic E-state index is 12.5. The minimum absolute atomic E-state index is 0.00914. The standard InChI is InChI=1S/C22H25N3O5S2/c1-4-7-15-8-6-9-18-19(15)23-20(25(18)21(27)28)31-13-16-11-17(32-14(3)26)12-24(16)22(29)30-10-5-2/h4-6,8-9,16-17H,1-2,7,10-13H2,3H3,(H,27,28)/t16-,17-/m1/s1. The summed E-state index contributed by atoms with van der Waals surface area (Å²) in [5.41, 5.74) is 2.03. The number of rotatable bonds is 8. The van der Waals surface area contributed by atoms with E-state index in [0.29, 0.717) is 41.3 Å². The van der Waals surface area contributed by atoms with E-state index in [9.17, 15) is 19.5 Å². The highest BCUT2D eigenvalue weighted by atomic mass is 32.2. The average molecular weight is 476 g/mol. The van der Waals surface area contributed by atoms with Crippen LogP contribution in [0.1, 0.15) is 18.9 Å². The molecule has 1 aromatic heterocycles. The van der Waals surface area contributed by atoms with Gasteiger partial charge in [-0.25, -0.2) is 19.1 Å². The van der Waals surface area contributed by atoms with E-state index in [1.165, 1.54) is 41.1 Å². The Morgan fingerprint density at radius 2 is 2.09 bits per heavy atom. The van der Waals surface area contributed by atoms with Crippen LogP contribution in [-0.2, 0) is 16.0 Å². The minimum atomic E-state index is -1.12. The summed E-state index contributed by atoms with van der Waals surface area (Å²) >= 11 is 2.48. The number of thioether (sulfide) groups is 2. The number of para-hydroxylation sites is 1. The van der Waals surface area contributed by atoms with E-state index in [0.717, 1.165) is 5.56 Å². The third kappa shape index (κ3) is 5.36. The Bertz CT molecular complexity index is 1050. The number of nitrogens with zero attached hydrogens (tertiary/aromatic N) is 3. The molecule has 0 spiro atoms. The van der Waals surface area contributed by atoms with Crippen molar-refractivity contribution in [3.63, 3.8) is 0 Å². The summed E-state index contributed by atoms with van der Waals surface area (Å²) in [5.74, 6) is 0.422. The number of hydrogen-bond donors (Lipinski definition) is 1. The molecule has 170 valence electrons. The van der Waals surface area contributed by atoms with Crippen LogP contribution in [0.3, 0.4) is 0 Å². The highest BCUT2D eigenvalue weighted by Crippen LogP contribution is 2.33. The summed E-state index contributed by atoms with van der Waals surface area (Å²) in [6.07, 6.45) is 2.84. The molecule has 0 aliphatic carbocycles. The van der Waals surface area contributed by atoms with Gasteiger partial charge >= 0.3 is 12.2 Å². The number of likely N-dealkylation sites (tertiary alicyclic amines) is 1. The summed E-state index contributed by atoms with van der Waals surface area (Å²) in [5, 5.41) is 10.1. The molecule has 8 nitrogen and oxygen atoms in total. The molecule has 1 saturated heterocycles. The number of imidazole rings is 1. The monoisotopic (exact) mass is 475 g/mol. The highest BCUT2D eigenvalue weighted by molar-refractivity contribution is 8.14. The smallest absolute Gasteiger partial charge is 0.418 e. The lowest BCUT2D eigenvalue weighted by atomic mass is 10.1. The molecule has 2 aromatic rings. The summed E-state index contributed by atoms with van der Waals surface area (Å²) in [4.78, 5) is 42.3. The third-order valence-corrected chi connectivity index (χ3v) is 7.06. The van der Waals surface area contributed by atoms with Crippen LogP contribution in [0, 0.1) is 0 Å². The van der Waals surface area contributed by atoms with Gasteiger partial charge in [-0.15, -0.1) is 6.58 Å². The SMILES string of the molecule is C=CCOC(=O)N1C[C@H](SC(C)=O)C[C@@H]1CSc1nc2c(CC=C)cccc2n1C(=O)O. The van der Waals surface area contributed by atoms with Gasteiger partial charge < -0.3 is 14.7 Å². The van der Waals surface area contributed by atoms with Gasteiger partial charge in [0.25, 0.3) is 0 Å². The average Bonchev–Trinajstić information content (AvgIpc) is 3.31. The van der Waals surface area contributed by atoms with Crippen molar-refractivity contribution in [1.29, 1.82) is 0 Å². The second-order valence-electron chi connectivity index (χ2n) is 7.24. The van der Waals surface area contributed by atoms with Gasteiger partial charge in [0.2, 0.25) is 0 Å². The van der Waals surface area contributed by atoms with Gasteiger partial charge in [-0.2, -0.15) is 0 Å². The molecular formula is C22H25N3O5S2. The Balaban J connectivity index is 1.84. The van der Waals surface area contributed by atoms with Crippen LogP contribution in [0.2, 0.25) is 0 Å². The maximum Gasteiger partial charge on any atom is 0.418 e. The number of hydrogen-bond acceptors (Lipinski definition) is 7. The van der Waals surface area contributed by atoms with Crippen molar-refractivity contribution in [2.75, 3.05) is 18.9 Å². The summed E-state index contributed by atoms with van der Waals surface area (Å²) in [6, 6.07) is 5.20. The van der Waals surface area contributed by atoms with Gasteiger partial charge in [-0.05, 0) is 24.5 Å². The number of carboxylic acid groups (broad SMARTS) is 1. The Morgan fingerprint density at radius 3 is 2.75 bits per heavy atom. The largest absolute Gasteiger partial charge is 0.464 e. The normalized spacial score (nSPS) is 18.0. The lowest BCUT2D eigenvalue weighted by Crippen LogP contribution is -2.37. The lowest BCUT2D eigenvalue weighted by Gasteiger charge is -2.23. The number of carbonyl (C=O) groups is 3. The van der Waals surface area contributed by atoms with Crippen LogP contribution in [0.15, 0.2) is 48.7 Å². The molecule has 2 atom stereocenters. The Kier molecular flexibility index (Phi) is 8.03. The fraction of sp³-hybridized carbons (Fsp3) is 0.364. The second-order valence-corrected chi connectivity index (χ2v) is 9.70. The summed E-state index contributed by atoms with van der Waals surface area (Å²) in [7, 11) is 0. The molecule has 2 heterocycles. The van der Waals surface area contributed by atoms with Crippen molar-refractivity contribution in [2.45, 2.75) is 36.2 Å². The van der Waals surface area contributed by atoms with Gasteiger partial charge in [-0.3, -0.25) is 4.79 Å². The zero-order chi connectivity index (χ0) is 23.3. The molecule has 1 aromatic carbocycles. The van der Waals surface area contributed by atoms with Crippen LogP contribution < -0.4 is 0 Å². The first-order valence-electron chi connectivity index (χ1n) is 10.0. The quantitative estimate of drug-likeness (QED) is 0.442. The van der Waals surface area contributed by atoms with Crippen LogP contribution in [0.5, 0.6) is 0 Å². The first-order valence-corrected chi connectivity index (χ1v) is 11.9. The van der Waals surface area contributed by atoms with Crippen molar-refractivity contribution in [3.8, 4) is 0 Å². The number of benzene rings is 1. The maximum atomic E-state index is 12.5. The van der Waals surface area contributed by atoms with Crippen LogP contribution in [0.25, 0.3) is 11.0 Å². The zero-order valence-electron chi connectivity index (χ0n) is 17.7. The Morgan fingerprint density at radius 1 is 1.31 bits per heavy atom. The van der Waals surface area contributed by atoms with Crippen LogP contribution >= 0.6 is 23.5 Å². The van der Waals surface area contributed by atoms with E-state index in [-0.39, 0.29) is 23.0 Å². The van der Waals surface area contributed by atoms with Crippen LogP contribution in [0.4, 0.5) is 9.59 Å². The molecule has 0 radical (unpaired) electrons. The Hall–Kier alpha value is -2.72. The molecule has 32 heavy (non-hydrogen) atoms. The van der Waals surface area contributed by atoms with E-state index in [2.05, 4.69) is 18.1 Å². The molecule has 10 heteroatoms. The topological polar surface area (TPSA) is 102 Å². The first-order chi connectivity index (χ1) is 15.3. The number of fused-ring (bicyclic) bond motifs is 1. The van der Waals surface area contributed by atoms with Gasteiger partial charge in [0.05, 0.1) is 11.0 Å². The van der Waals surface area contributed by atoms with Gasteiger partial charge in [-0.1, -0.05) is 54.4 Å². The first kappa shape index (κ1) is 23.9. The Labute approximate surface area is 194 Å². The number of amides is 1. The van der Waals surface area contributed by atoms with E-state index in [1.54, 1.807) is 23.1 Å². The van der Waals surface area contributed by atoms with E-state index in [4.69, 9.17) is 4.74 Å². The van der Waals surface area contributed by atoms with E-state index >= 15 is 0 Å². The second kappa shape index (κ2) is 10.7. The number of carbonyl (C=O) groups excluding carboxylic acids is 2. The predicted molar refractivity (Wildman–Crippen MR) is 126 cm³/mol.